The van der Waals surface area contributed by atoms with E-state index in [4.69, 9.17) is 9.52 Å². The first kappa shape index (κ1) is 14.2. The molecule has 0 bridgehead atoms. The minimum atomic E-state index is -1.13. The van der Waals surface area contributed by atoms with Crippen molar-refractivity contribution in [1.29, 1.82) is 0 Å². The van der Waals surface area contributed by atoms with Gasteiger partial charge in [0.25, 0.3) is 5.91 Å². The van der Waals surface area contributed by atoms with Crippen LogP contribution in [-0.2, 0) is 6.42 Å². The van der Waals surface area contributed by atoms with Crippen LogP contribution in [0, 0.1) is 0 Å². The van der Waals surface area contributed by atoms with Gasteiger partial charge in [0.2, 0.25) is 0 Å². The van der Waals surface area contributed by atoms with Crippen molar-refractivity contribution in [2.45, 2.75) is 25.2 Å². The van der Waals surface area contributed by atoms with E-state index in [0.29, 0.717) is 18.9 Å². The number of carbonyl (C=O) groups is 2. The van der Waals surface area contributed by atoms with Crippen molar-refractivity contribution in [3.8, 4) is 0 Å². The van der Waals surface area contributed by atoms with E-state index >= 15 is 0 Å². The zero-order valence-corrected chi connectivity index (χ0v) is 11.8. The molecule has 0 radical (unpaired) electrons. The van der Waals surface area contributed by atoms with Crippen molar-refractivity contribution in [3.05, 3.63) is 47.4 Å². The maximum Gasteiger partial charge on any atom is 0.338 e. The van der Waals surface area contributed by atoms with E-state index in [9.17, 15) is 9.59 Å². The molecule has 1 saturated carbocycles. The second-order valence-electron chi connectivity index (χ2n) is 5.23. The van der Waals surface area contributed by atoms with Crippen LogP contribution in [0.5, 0.6) is 0 Å². The molecule has 3 rings (SSSR count). The number of carboxylic acids is 1. The van der Waals surface area contributed by atoms with Gasteiger partial charge in [-0.2, -0.15) is 0 Å². The van der Waals surface area contributed by atoms with Crippen LogP contribution in [0.1, 0.15) is 51.1 Å². The number of amides is 1. The second kappa shape index (κ2) is 5.97. The lowest BCUT2D eigenvalue weighted by Gasteiger charge is -2.03. The molecule has 2 N–H and O–H groups in total. The standard InChI is InChI=1S/C15H15N3O4/c19-14(12-5-11(8-22-12)15(20)21)16-4-3-9-6-17-13(18-7-9)10-1-2-10/h5-8,10H,1-4H2,(H,16,19)(H,20,21). The summed E-state index contributed by atoms with van der Waals surface area (Å²) in [6, 6.07) is 1.20. The van der Waals surface area contributed by atoms with Gasteiger partial charge in [0.15, 0.2) is 5.76 Å². The number of furan rings is 1. The third-order valence-corrected chi connectivity index (χ3v) is 3.44. The van der Waals surface area contributed by atoms with Crippen LogP contribution in [0.15, 0.2) is 29.1 Å². The highest BCUT2D eigenvalue weighted by Gasteiger charge is 2.26. The van der Waals surface area contributed by atoms with Crippen molar-refractivity contribution in [2.24, 2.45) is 0 Å². The van der Waals surface area contributed by atoms with Crippen molar-refractivity contribution in [2.75, 3.05) is 6.54 Å². The summed E-state index contributed by atoms with van der Waals surface area (Å²) in [6.45, 7) is 0.397. The Morgan fingerprint density at radius 1 is 1.32 bits per heavy atom. The molecule has 22 heavy (non-hydrogen) atoms. The number of carbonyl (C=O) groups excluding carboxylic acids is 1. The normalized spacial score (nSPS) is 13.8. The maximum absolute atomic E-state index is 11.8. The molecule has 1 aliphatic carbocycles. The highest BCUT2D eigenvalue weighted by Crippen LogP contribution is 2.37. The van der Waals surface area contributed by atoms with Crippen molar-refractivity contribution < 1.29 is 19.1 Å². The topological polar surface area (TPSA) is 105 Å². The van der Waals surface area contributed by atoms with Gasteiger partial charge in [-0.1, -0.05) is 0 Å². The van der Waals surface area contributed by atoms with Crippen LogP contribution >= 0.6 is 0 Å². The van der Waals surface area contributed by atoms with Crippen molar-refractivity contribution in [1.82, 2.24) is 15.3 Å². The van der Waals surface area contributed by atoms with Gasteiger partial charge in [-0.3, -0.25) is 4.79 Å². The summed E-state index contributed by atoms with van der Waals surface area (Å²) in [4.78, 5) is 31.1. The summed E-state index contributed by atoms with van der Waals surface area (Å²) in [5.74, 6) is -0.169. The predicted molar refractivity (Wildman–Crippen MR) is 75.7 cm³/mol. The first-order valence-electron chi connectivity index (χ1n) is 7.04. The van der Waals surface area contributed by atoms with Crippen LogP contribution in [-0.4, -0.2) is 33.5 Å². The quantitative estimate of drug-likeness (QED) is 0.840. The minimum absolute atomic E-state index is 0.0160. The summed E-state index contributed by atoms with van der Waals surface area (Å²) in [6.07, 6.45) is 7.53. The fraction of sp³-hybridized carbons (Fsp3) is 0.333. The smallest absolute Gasteiger partial charge is 0.338 e. The molecule has 7 nitrogen and oxygen atoms in total. The molecule has 1 amide bonds. The summed E-state index contributed by atoms with van der Waals surface area (Å²) in [5.41, 5.74) is 0.893. The zero-order chi connectivity index (χ0) is 15.5. The summed E-state index contributed by atoms with van der Waals surface area (Å²) >= 11 is 0. The average Bonchev–Trinajstić information content (AvgIpc) is 3.23. The molecule has 2 aromatic heterocycles. The number of aromatic carboxylic acids is 1. The zero-order valence-electron chi connectivity index (χ0n) is 11.8. The third-order valence-electron chi connectivity index (χ3n) is 3.44. The van der Waals surface area contributed by atoms with Gasteiger partial charge in [0, 0.05) is 30.9 Å². The van der Waals surface area contributed by atoms with E-state index in [1.54, 1.807) is 12.4 Å². The first-order valence-corrected chi connectivity index (χ1v) is 7.04. The Bertz CT molecular complexity index is 689. The molecule has 1 fully saturated rings. The fourth-order valence-corrected chi connectivity index (χ4v) is 2.02. The summed E-state index contributed by atoms with van der Waals surface area (Å²) < 4.78 is 4.92. The molecule has 0 unspecified atom stereocenters. The molecular formula is C15H15N3O4. The van der Waals surface area contributed by atoms with E-state index in [0.717, 1.165) is 30.5 Å². The van der Waals surface area contributed by atoms with Gasteiger partial charge in [0.05, 0.1) is 5.56 Å². The van der Waals surface area contributed by atoms with Crippen molar-refractivity contribution >= 4 is 11.9 Å². The lowest BCUT2D eigenvalue weighted by atomic mass is 10.2. The second-order valence-corrected chi connectivity index (χ2v) is 5.23. The minimum Gasteiger partial charge on any atom is -0.478 e. The molecular weight excluding hydrogens is 286 g/mol. The maximum atomic E-state index is 11.8. The number of rotatable bonds is 6. The number of aromatic nitrogens is 2. The highest BCUT2D eigenvalue weighted by molar-refractivity contribution is 5.95. The van der Waals surface area contributed by atoms with E-state index in [1.165, 1.54) is 6.07 Å². The molecule has 0 aromatic carbocycles. The van der Waals surface area contributed by atoms with Gasteiger partial charge in [-0.15, -0.1) is 0 Å². The highest BCUT2D eigenvalue weighted by atomic mass is 16.4. The molecule has 2 heterocycles. The Labute approximate surface area is 126 Å². The van der Waals surface area contributed by atoms with Crippen LogP contribution in [0.2, 0.25) is 0 Å². The number of hydrogen-bond donors (Lipinski definition) is 2. The van der Waals surface area contributed by atoms with Crippen LogP contribution < -0.4 is 5.32 Å². The fourth-order valence-electron chi connectivity index (χ4n) is 2.02. The molecule has 0 aliphatic heterocycles. The Hall–Kier alpha value is -2.70. The summed E-state index contributed by atoms with van der Waals surface area (Å²) in [5, 5.41) is 11.4. The monoisotopic (exact) mass is 301 g/mol. The number of carboxylic acid groups (broad SMARTS) is 1. The van der Waals surface area contributed by atoms with E-state index in [-0.39, 0.29) is 11.3 Å². The molecule has 0 atom stereocenters. The number of nitrogens with one attached hydrogen (secondary N) is 1. The lowest BCUT2D eigenvalue weighted by Crippen LogP contribution is -2.25. The number of nitrogens with zero attached hydrogens (tertiary/aromatic N) is 2. The predicted octanol–water partition coefficient (Wildman–Crippen LogP) is 1.62. The van der Waals surface area contributed by atoms with Crippen LogP contribution in [0.3, 0.4) is 0 Å². The average molecular weight is 301 g/mol. The molecule has 0 spiro atoms. The van der Waals surface area contributed by atoms with E-state index in [1.807, 2.05) is 0 Å². The largest absolute Gasteiger partial charge is 0.478 e. The van der Waals surface area contributed by atoms with Gasteiger partial charge in [-0.05, 0) is 24.8 Å². The van der Waals surface area contributed by atoms with Gasteiger partial charge < -0.3 is 14.8 Å². The molecule has 0 saturated heterocycles. The summed E-state index contributed by atoms with van der Waals surface area (Å²) in [7, 11) is 0. The molecule has 114 valence electrons. The Morgan fingerprint density at radius 3 is 2.64 bits per heavy atom. The third kappa shape index (κ3) is 3.30. The Morgan fingerprint density at radius 2 is 2.05 bits per heavy atom. The Balaban J connectivity index is 1.49. The Kier molecular flexibility index (Phi) is 3.86. The molecule has 7 heteroatoms. The van der Waals surface area contributed by atoms with Gasteiger partial charge in [-0.25, -0.2) is 14.8 Å². The van der Waals surface area contributed by atoms with Gasteiger partial charge >= 0.3 is 5.97 Å². The van der Waals surface area contributed by atoms with Gasteiger partial charge in [0.1, 0.15) is 12.1 Å². The molecule has 1 aliphatic rings. The van der Waals surface area contributed by atoms with Crippen LogP contribution in [0.4, 0.5) is 0 Å². The number of hydrogen-bond acceptors (Lipinski definition) is 5. The first-order chi connectivity index (χ1) is 10.6. The van der Waals surface area contributed by atoms with Crippen LogP contribution in [0.25, 0.3) is 0 Å². The van der Waals surface area contributed by atoms with E-state index < -0.39 is 11.9 Å². The van der Waals surface area contributed by atoms with Crippen molar-refractivity contribution in [3.63, 3.8) is 0 Å². The van der Waals surface area contributed by atoms with E-state index in [2.05, 4.69) is 15.3 Å². The SMILES string of the molecule is O=C(O)c1coc(C(=O)NCCc2cnc(C3CC3)nc2)c1. The lowest BCUT2D eigenvalue weighted by molar-refractivity contribution is 0.0696. The molecule has 2 aromatic rings.